The Morgan fingerprint density at radius 2 is 1.85 bits per heavy atom. The van der Waals surface area contributed by atoms with E-state index in [2.05, 4.69) is 43.4 Å². The molecular formula is C14H16Br2N2OS. The zero-order chi connectivity index (χ0) is 14.7. The minimum Gasteiger partial charge on any atom is -0.491 e. The van der Waals surface area contributed by atoms with Gasteiger partial charge in [-0.2, -0.15) is 0 Å². The largest absolute Gasteiger partial charge is 0.491 e. The van der Waals surface area contributed by atoms with Gasteiger partial charge in [0.2, 0.25) is 0 Å². The Labute approximate surface area is 139 Å². The maximum atomic E-state index is 5.71. The van der Waals surface area contributed by atoms with Gasteiger partial charge in [0.25, 0.3) is 0 Å². The number of thiophene rings is 1. The number of nitrogens with two attached hydrogens (primary N) is 1. The highest BCUT2D eigenvalue weighted by Gasteiger charge is 2.16. The molecule has 0 amide bonds. The number of benzene rings is 1. The molecule has 0 saturated heterocycles. The van der Waals surface area contributed by atoms with E-state index in [4.69, 9.17) is 10.6 Å². The average molecular weight is 420 g/mol. The topological polar surface area (TPSA) is 47.3 Å². The fourth-order valence-electron chi connectivity index (χ4n) is 1.86. The van der Waals surface area contributed by atoms with E-state index in [0.717, 1.165) is 24.4 Å². The van der Waals surface area contributed by atoms with Crippen LogP contribution in [0, 0.1) is 0 Å². The van der Waals surface area contributed by atoms with Crippen molar-refractivity contribution in [2.45, 2.75) is 26.0 Å². The van der Waals surface area contributed by atoms with Gasteiger partial charge >= 0.3 is 0 Å². The van der Waals surface area contributed by atoms with Crippen molar-refractivity contribution >= 4 is 43.2 Å². The number of hydrazine groups is 1. The van der Waals surface area contributed by atoms with E-state index in [-0.39, 0.29) is 12.1 Å². The van der Waals surface area contributed by atoms with Crippen LogP contribution in [0.3, 0.4) is 0 Å². The number of nitrogens with one attached hydrogen (secondary N) is 1. The van der Waals surface area contributed by atoms with Crippen molar-refractivity contribution in [2.24, 2.45) is 5.84 Å². The molecule has 0 bridgehead atoms. The van der Waals surface area contributed by atoms with Crippen LogP contribution in [0.2, 0.25) is 0 Å². The van der Waals surface area contributed by atoms with Gasteiger partial charge in [0.15, 0.2) is 0 Å². The summed E-state index contributed by atoms with van der Waals surface area (Å²) >= 11 is 8.66. The minimum absolute atomic E-state index is 0.0318. The van der Waals surface area contributed by atoms with E-state index in [9.17, 15) is 0 Å². The van der Waals surface area contributed by atoms with E-state index in [0.29, 0.717) is 0 Å². The summed E-state index contributed by atoms with van der Waals surface area (Å²) in [6.07, 6.45) is 0.175. The Kier molecular flexibility index (Phi) is 5.63. The third-order valence-corrected chi connectivity index (χ3v) is 6.02. The molecule has 0 aliphatic rings. The summed E-state index contributed by atoms with van der Waals surface area (Å²) in [7, 11) is 0. The number of hydrogen-bond donors (Lipinski definition) is 2. The van der Waals surface area contributed by atoms with Crippen LogP contribution in [0.25, 0.3) is 0 Å². The average Bonchev–Trinajstić information content (AvgIpc) is 2.72. The van der Waals surface area contributed by atoms with Crippen LogP contribution < -0.4 is 16.0 Å². The Morgan fingerprint density at radius 3 is 2.30 bits per heavy atom. The van der Waals surface area contributed by atoms with Crippen LogP contribution in [-0.2, 0) is 0 Å². The van der Waals surface area contributed by atoms with E-state index >= 15 is 0 Å². The summed E-state index contributed by atoms with van der Waals surface area (Å²) in [5, 5.41) is 0. The normalized spacial score (nSPS) is 12.7. The van der Waals surface area contributed by atoms with Crippen molar-refractivity contribution in [3.05, 3.63) is 49.0 Å². The summed E-state index contributed by atoms with van der Waals surface area (Å²) in [6.45, 7) is 4.03. The van der Waals surface area contributed by atoms with E-state index in [1.807, 2.05) is 38.1 Å². The van der Waals surface area contributed by atoms with Gasteiger partial charge in [-0.15, -0.1) is 11.3 Å². The second-order valence-corrected chi connectivity index (χ2v) is 7.86. The van der Waals surface area contributed by atoms with E-state index in [1.165, 1.54) is 0 Å². The fraction of sp³-hybridized carbons (Fsp3) is 0.286. The Hall–Kier alpha value is -0.400. The molecule has 6 heteroatoms. The summed E-state index contributed by atoms with van der Waals surface area (Å²) in [6, 6.07) is 10.0. The molecule has 3 N–H and O–H groups in total. The second-order valence-electron chi connectivity index (χ2n) is 4.61. The van der Waals surface area contributed by atoms with Gasteiger partial charge in [-0.05, 0) is 69.5 Å². The Morgan fingerprint density at radius 1 is 1.20 bits per heavy atom. The first-order chi connectivity index (χ1) is 9.51. The van der Waals surface area contributed by atoms with Gasteiger partial charge in [0.05, 0.1) is 15.9 Å². The molecule has 2 rings (SSSR count). The third kappa shape index (κ3) is 3.83. The molecule has 20 heavy (non-hydrogen) atoms. The monoisotopic (exact) mass is 418 g/mol. The Bertz CT molecular complexity index is 550. The van der Waals surface area contributed by atoms with Crippen LogP contribution in [0.5, 0.6) is 5.75 Å². The van der Waals surface area contributed by atoms with Crippen LogP contribution in [0.4, 0.5) is 0 Å². The first-order valence-electron chi connectivity index (χ1n) is 6.18. The molecule has 2 aromatic rings. The predicted octanol–water partition coefficient (Wildman–Crippen LogP) is 4.61. The van der Waals surface area contributed by atoms with Crippen molar-refractivity contribution in [1.82, 2.24) is 5.43 Å². The van der Waals surface area contributed by atoms with Gasteiger partial charge < -0.3 is 4.74 Å². The molecule has 108 valence electrons. The second kappa shape index (κ2) is 7.04. The summed E-state index contributed by atoms with van der Waals surface area (Å²) in [4.78, 5) is 1.14. The first kappa shape index (κ1) is 16.0. The van der Waals surface area contributed by atoms with Crippen molar-refractivity contribution in [1.29, 1.82) is 0 Å². The molecule has 1 aromatic heterocycles. The smallest absolute Gasteiger partial charge is 0.119 e. The zero-order valence-electron chi connectivity index (χ0n) is 11.2. The quantitative estimate of drug-likeness (QED) is 0.549. The standard InChI is InChI=1S/C14H16Br2N2OS/c1-8(2)19-10-5-3-9(4-6-10)13(18-17)12-7-11(15)14(16)20-12/h3-8,13,18H,17H2,1-2H3. The lowest BCUT2D eigenvalue weighted by atomic mass is 10.1. The van der Waals surface area contributed by atoms with Gasteiger partial charge in [-0.1, -0.05) is 12.1 Å². The minimum atomic E-state index is -0.0318. The lowest BCUT2D eigenvalue weighted by Gasteiger charge is -2.16. The van der Waals surface area contributed by atoms with Gasteiger partial charge in [0.1, 0.15) is 5.75 Å². The van der Waals surface area contributed by atoms with Gasteiger partial charge in [0, 0.05) is 9.35 Å². The maximum absolute atomic E-state index is 5.71. The first-order valence-corrected chi connectivity index (χ1v) is 8.59. The molecular weight excluding hydrogens is 404 g/mol. The molecule has 0 aliphatic carbocycles. The molecule has 1 atom stereocenters. The van der Waals surface area contributed by atoms with Crippen molar-refractivity contribution in [3.8, 4) is 5.75 Å². The van der Waals surface area contributed by atoms with Crippen LogP contribution in [0.15, 0.2) is 38.6 Å². The molecule has 0 aliphatic heterocycles. The summed E-state index contributed by atoms with van der Waals surface area (Å²) < 4.78 is 7.75. The summed E-state index contributed by atoms with van der Waals surface area (Å²) in [5.74, 6) is 6.58. The van der Waals surface area contributed by atoms with E-state index < -0.39 is 0 Å². The van der Waals surface area contributed by atoms with Crippen LogP contribution >= 0.6 is 43.2 Å². The molecule has 0 spiro atoms. The zero-order valence-corrected chi connectivity index (χ0v) is 15.2. The molecule has 1 aromatic carbocycles. The SMILES string of the molecule is CC(C)Oc1ccc(C(NN)c2cc(Br)c(Br)s2)cc1. The van der Waals surface area contributed by atoms with Gasteiger partial charge in [-0.25, -0.2) is 5.43 Å². The molecule has 0 saturated carbocycles. The highest BCUT2D eigenvalue weighted by Crippen LogP contribution is 2.37. The number of halogens is 2. The third-order valence-electron chi connectivity index (χ3n) is 2.70. The van der Waals surface area contributed by atoms with Crippen molar-refractivity contribution < 1.29 is 4.74 Å². The lowest BCUT2D eigenvalue weighted by molar-refractivity contribution is 0.242. The molecule has 0 fully saturated rings. The number of hydrogen-bond acceptors (Lipinski definition) is 4. The number of ether oxygens (including phenoxy) is 1. The molecule has 1 heterocycles. The number of rotatable bonds is 5. The van der Waals surface area contributed by atoms with E-state index in [1.54, 1.807) is 11.3 Å². The highest BCUT2D eigenvalue weighted by molar-refractivity contribution is 9.13. The Balaban J connectivity index is 2.23. The fourth-order valence-corrected chi connectivity index (χ4v) is 4.04. The highest BCUT2D eigenvalue weighted by atomic mass is 79.9. The maximum Gasteiger partial charge on any atom is 0.119 e. The molecule has 1 unspecified atom stereocenters. The van der Waals surface area contributed by atoms with Crippen molar-refractivity contribution in [2.75, 3.05) is 0 Å². The van der Waals surface area contributed by atoms with Crippen LogP contribution in [-0.4, -0.2) is 6.10 Å². The van der Waals surface area contributed by atoms with Gasteiger partial charge in [-0.3, -0.25) is 5.84 Å². The molecule has 0 radical (unpaired) electrons. The molecule has 3 nitrogen and oxygen atoms in total. The van der Waals surface area contributed by atoms with Crippen molar-refractivity contribution in [3.63, 3.8) is 0 Å². The lowest BCUT2D eigenvalue weighted by Crippen LogP contribution is -2.28. The predicted molar refractivity (Wildman–Crippen MR) is 91.1 cm³/mol. The summed E-state index contributed by atoms with van der Waals surface area (Å²) in [5.41, 5.74) is 3.97. The van der Waals surface area contributed by atoms with Crippen LogP contribution in [0.1, 0.15) is 30.3 Å².